The minimum atomic E-state index is -4.51. The van der Waals surface area contributed by atoms with Crippen LogP contribution in [0.2, 0.25) is 0 Å². The first-order chi connectivity index (χ1) is 21.0. The molecule has 6 rings (SSSR count). The fourth-order valence-electron chi connectivity index (χ4n) is 5.34. The number of aromatic nitrogens is 5. The van der Waals surface area contributed by atoms with Gasteiger partial charge in [0.2, 0.25) is 0 Å². The fourth-order valence-corrected chi connectivity index (χ4v) is 5.34. The molecule has 3 aromatic heterocycles. The van der Waals surface area contributed by atoms with E-state index in [-0.39, 0.29) is 16.8 Å². The number of para-hydroxylation sites is 1. The van der Waals surface area contributed by atoms with Gasteiger partial charge in [0.1, 0.15) is 17.0 Å². The molecule has 0 radical (unpaired) electrons. The largest absolute Gasteiger partial charge is 0.478 e. The molecule has 1 N–H and O–H groups in total. The number of aromatic carboxylic acids is 1. The number of benzene rings is 3. The van der Waals surface area contributed by atoms with Gasteiger partial charge in [-0.15, -0.1) is 0 Å². The summed E-state index contributed by atoms with van der Waals surface area (Å²) in [7, 11) is 0. The third kappa shape index (κ3) is 5.28. The zero-order chi connectivity index (χ0) is 31.2. The maximum Gasteiger partial charge on any atom is 0.416 e. The van der Waals surface area contributed by atoms with Gasteiger partial charge in [0.05, 0.1) is 28.9 Å². The van der Waals surface area contributed by atoms with Gasteiger partial charge in [0, 0.05) is 23.1 Å². The Morgan fingerprint density at radius 1 is 0.955 bits per heavy atom. The zero-order valence-electron chi connectivity index (χ0n) is 24.1. The normalized spacial score (nSPS) is 11.6. The zero-order valence-corrected chi connectivity index (χ0v) is 24.1. The molecule has 0 unspecified atom stereocenters. The molecule has 44 heavy (non-hydrogen) atoms. The first-order valence-electron chi connectivity index (χ1n) is 13.9. The number of carbonyl (C=O) groups is 1. The molecule has 7 nitrogen and oxygen atoms in total. The van der Waals surface area contributed by atoms with Crippen molar-refractivity contribution in [3.8, 4) is 17.5 Å². The van der Waals surface area contributed by atoms with Crippen LogP contribution in [0.15, 0.2) is 72.8 Å². The van der Waals surface area contributed by atoms with E-state index in [4.69, 9.17) is 9.97 Å². The topological polar surface area (TPSA) is 85.8 Å². The molecule has 0 aliphatic heterocycles. The van der Waals surface area contributed by atoms with Crippen LogP contribution in [-0.4, -0.2) is 35.4 Å². The number of fused-ring (bicyclic) bond motifs is 2. The van der Waals surface area contributed by atoms with Gasteiger partial charge < -0.3 is 9.67 Å². The molecule has 0 saturated heterocycles. The highest BCUT2D eigenvalue weighted by atomic mass is 19.4. The summed E-state index contributed by atoms with van der Waals surface area (Å²) in [5.41, 5.74) is 5.03. The third-order valence-electron chi connectivity index (χ3n) is 7.37. The molecule has 10 heteroatoms. The fraction of sp³-hybridized carbons (Fsp3) is 0.176. The minimum absolute atomic E-state index is 0.0111. The molecule has 0 bridgehead atoms. The molecule has 0 aliphatic rings. The number of pyridine rings is 1. The molecular formula is C34H26F3N5O2. The van der Waals surface area contributed by atoms with Gasteiger partial charge in [-0.3, -0.25) is 0 Å². The second-order valence-corrected chi connectivity index (χ2v) is 10.5. The number of aryl methyl sites for hydroxylation is 3. The summed E-state index contributed by atoms with van der Waals surface area (Å²) in [6.45, 7) is 6.45. The van der Waals surface area contributed by atoms with E-state index >= 15 is 0 Å². The summed E-state index contributed by atoms with van der Waals surface area (Å²) < 4.78 is 43.6. The smallest absolute Gasteiger partial charge is 0.416 e. The molecule has 0 spiro atoms. The summed E-state index contributed by atoms with van der Waals surface area (Å²) in [6, 6.07) is 18.8. The number of imidazole rings is 1. The molecule has 0 aliphatic carbocycles. The van der Waals surface area contributed by atoms with E-state index in [9.17, 15) is 23.1 Å². The molecule has 3 heterocycles. The van der Waals surface area contributed by atoms with Crippen molar-refractivity contribution in [3.05, 3.63) is 118 Å². The van der Waals surface area contributed by atoms with Crippen LogP contribution in [-0.2, 0) is 19.1 Å². The number of hydrogen-bond donors (Lipinski definition) is 1. The predicted octanol–water partition coefficient (Wildman–Crippen LogP) is 7.11. The van der Waals surface area contributed by atoms with Crippen molar-refractivity contribution in [2.45, 2.75) is 39.9 Å². The van der Waals surface area contributed by atoms with Crippen molar-refractivity contribution in [2.24, 2.45) is 0 Å². The summed E-state index contributed by atoms with van der Waals surface area (Å²) in [6.07, 6.45) is -3.81. The quantitative estimate of drug-likeness (QED) is 0.215. The van der Waals surface area contributed by atoms with Crippen molar-refractivity contribution in [2.75, 3.05) is 0 Å². The van der Waals surface area contributed by atoms with Crippen molar-refractivity contribution in [3.63, 3.8) is 0 Å². The molecule has 0 saturated carbocycles. The van der Waals surface area contributed by atoms with E-state index in [1.807, 2.05) is 45.0 Å². The van der Waals surface area contributed by atoms with E-state index in [1.54, 1.807) is 18.2 Å². The third-order valence-corrected chi connectivity index (χ3v) is 7.37. The summed E-state index contributed by atoms with van der Waals surface area (Å²) >= 11 is 0. The second kappa shape index (κ2) is 11.0. The average molecular weight is 594 g/mol. The number of carboxylic acids is 1. The highest BCUT2D eigenvalue weighted by Gasteiger charge is 2.30. The van der Waals surface area contributed by atoms with Crippen LogP contribution in [0, 0.1) is 25.7 Å². The lowest BCUT2D eigenvalue weighted by atomic mass is 10.1. The SMILES string of the molecule is CCc1nc2c(C)cc(C)nc2n1Cc1ccc2nn(-c3ccccc3C(=O)O)c(C#Cc3cccc(C(F)(F)F)c3)c2c1. The monoisotopic (exact) mass is 593 g/mol. The Labute approximate surface area is 250 Å². The average Bonchev–Trinajstić information content (AvgIpc) is 3.53. The lowest BCUT2D eigenvalue weighted by molar-refractivity contribution is -0.137. The van der Waals surface area contributed by atoms with E-state index in [0.717, 1.165) is 45.9 Å². The van der Waals surface area contributed by atoms with Crippen LogP contribution in [0.1, 0.15) is 56.7 Å². The lowest BCUT2D eigenvalue weighted by Gasteiger charge is -2.09. The predicted molar refractivity (Wildman–Crippen MR) is 161 cm³/mol. The maximum atomic E-state index is 13.4. The Morgan fingerprint density at radius 2 is 1.75 bits per heavy atom. The first-order valence-corrected chi connectivity index (χ1v) is 13.9. The van der Waals surface area contributed by atoms with Crippen LogP contribution in [0.3, 0.4) is 0 Å². The van der Waals surface area contributed by atoms with E-state index in [2.05, 4.69) is 21.5 Å². The van der Waals surface area contributed by atoms with Gasteiger partial charge in [-0.2, -0.15) is 18.3 Å². The Bertz CT molecular complexity index is 2150. The maximum absolute atomic E-state index is 13.4. The molecule has 0 amide bonds. The van der Waals surface area contributed by atoms with E-state index < -0.39 is 17.7 Å². The number of carboxylic acid groups (broad SMARTS) is 1. The molecule has 6 aromatic rings. The van der Waals surface area contributed by atoms with Crippen molar-refractivity contribution >= 4 is 28.0 Å². The molecule has 0 atom stereocenters. The van der Waals surface area contributed by atoms with E-state index in [1.165, 1.54) is 22.9 Å². The van der Waals surface area contributed by atoms with Crippen LogP contribution in [0.4, 0.5) is 13.2 Å². The number of rotatable bonds is 5. The van der Waals surface area contributed by atoms with Crippen molar-refractivity contribution < 1.29 is 23.1 Å². The van der Waals surface area contributed by atoms with Gasteiger partial charge in [-0.1, -0.05) is 37.1 Å². The van der Waals surface area contributed by atoms with Crippen LogP contribution < -0.4 is 0 Å². The molecule has 3 aromatic carbocycles. The van der Waals surface area contributed by atoms with Gasteiger partial charge >= 0.3 is 12.1 Å². The summed E-state index contributed by atoms with van der Waals surface area (Å²) in [4.78, 5) is 21.7. The van der Waals surface area contributed by atoms with Gasteiger partial charge in [-0.05, 0) is 79.4 Å². The molecular weight excluding hydrogens is 567 g/mol. The highest BCUT2D eigenvalue weighted by Crippen LogP contribution is 2.30. The Balaban J connectivity index is 1.53. The van der Waals surface area contributed by atoms with E-state index in [0.29, 0.717) is 29.6 Å². The number of nitrogens with zero attached hydrogens (tertiary/aromatic N) is 5. The van der Waals surface area contributed by atoms with Crippen LogP contribution in [0.25, 0.3) is 27.8 Å². The minimum Gasteiger partial charge on any atom is -0.478 e. The molecule has 220 valence electrons. The molecule has 0 fully saturated rings. The Morgan fingerprint density at radius 3 is 2.50 bits per heavy atom. The Hall–Kier alpha value is -5.43. The van der Waals surface area contributed by atoms with Gasteiger partial charge in [0.25, 0.3) is 0 Å². The van der Waals surface area contributed by atoms with Crippen LogP contribution in [0.5, 0.6) is 0 Å². The lowest BCUT2D eigenvalue weighted by Crippen LogP contribution is -2.08. The summed E-state index contributed by atoms with van der Waals surface area (Å²) in [5.74, 6) is 5.60. The van der Waals surface area contributed by atoms with Gasteiger partial charge in [0.15, 0.2) is 5.65 Å². The first kappa shape index (κ1) is 28.7. The van der Waals surface area contributed by atoms with Crippen molar-refractivity contribution in [1.29, 1.82) is 0 Å². The number of hydrogen-bond acceptors (Lipinski definition) is 4. The van der Waals surface area contributed by atoms with Crippen molar-refractivity contribution in [1.82, 2.24) is 24.3 Å². The standard InChI is InChI=1S/C34H26F3N5O2/c1-4-30-39-31-20(2)16-21(3)38-32(31)41(30)19-23-12-14-27-26(18-23)29(15-13-22-8-7-9-24(17-22)34(35,36)37)42(40-27)28-11-6-5-10-25(28)33(43)44/h5-12,14,16-18H,4,19H2,1-3H3,(H,43,44). The number of halogens is 3. The second-order valence-electron chi connectivity index (χ2n) is 10.5. The van der Waals surface area contributed by atoms with Gasteiger partial charge in [-0.25, -0.2) is 19.4 Å². The Kier molecular flexibility index (Phi) is 7.17. The number of alkyl halides is 3. The van der Waals surface area contributed by atoms with Crippen LogP contribution >= 0.6 is 0 Å². The summed E-state index contributed by atoms with van der Waals surface area (Å²) in [5, 5.41) is 15.2. The highest BCUT2D eigenvalue weighted by molar-refractivity contribution is 5.93.